The number of nitrogens with zero attached hydrogens (tertiary/aromatic N) is 2. The van der Waals surface area contributed by atoms with Crippen LogP contribution in [0.15, 0.2) is 12.3 Å². The Morgan fingerprint density at radius 2 is 1.81 bits per heavy atom. The van der Waals surface area contributed by atoms with Crippen LogP contribution in [-0.4, -0.2) is 28.0 Å². The molecule has 1 aromatic rings. The highest BCUT2D eigenvalue weighted by Crippen LogP contribution is 2.21. The van der Waals surface area contributed by atoms with Crippen molar-refractivity contribution in [2.45, 2.75) is 66.5 Å². The molecule has 0 aliphatic carbocycles. The van der Waals surface area contributed by atoms with Gasteiger partial charge in [-0.3, -0.25) is 4.79 Å². The van der Waals surface area contributed by atoms with Crippen LogP contribution in [0.3, 0.4) is 0 Å². The van der Waals surface area contributed by atoms with Gasteiger partial charge in [-0.05, 0) is 38.7 Å². The molecule has 0 aliphatic heterocycles. The minimum absolute atomic E-state index is 0.0998. The Balaban J connectivity index is 3.15. The maximum atomic E-state index is 13.0. The molecule has 120 valence electrons. The van der Waals surface area contributed by atoms with Crippen LogP contribution in [0.25, 0.3) is 0 Å². The van der Waals surface area contributed by atoms with Crippen LogP contribution in [0, 0.1) is 5.92 Å². The molecule has 1 aromatic heterocycles. The van der Waals surface area contributed by atoms with Crippen LogP contribution < -0.4 is 5.73 Å². The van der Waals surface area contributed by atoms with Crippen LogP contribution in [0.5, 0.6) is 0 Å². The van der Waals surface area contributed by atoms with E-state index in [1.165, 1.54) is 0 Å². The summed E-state index contributed by atoms with van der Waals surface area (Å²) in [7, 11) is 0. The van der Waals surface area contributed by atoms with E-state index in [2.05, 4.69) is 41.5 Å². The summed E-state index contributed by atoms with van der Waals surface area (Å²) < 4.78 is 1.98. The standard InChI is InChI=1S/C17H31N3O/c1-7-15(8-2)20(10-12(3)4)17(21)16-9-14(18)11-19(16)13(5)6/h9,11-13,15H,7-8,10,18H2,1-6H3. The molecule has 0 aromatic carbocycles. The minimum Gasteiger partial charge on any atom is -0.397 e. The van der Waals surface area contributed by atoms with Crippen molar-refractivity contribution in [3.63, 3.8) is 0 Å². The Bertz CT molecular complexity index is 459. The molecule has 0 saturated carbocycles. The molecule has 2 N–H and O–H groups in total. The third-order valence-electron chi connectivity index (χ3n) is 3.85. The van der Waals surface area contributed by atoms with E-state index in [0.717, 1.165) is 19.4 Å². The number of nitrogens with two attached hydrogens (primary N) is 1. The summed E-state index contributed by atoms with van der Waals surface area (Å²) in [5, 5.41) is 0. The number of nitrogen functional groups attached to an aromatic ring is 1. The molecule has 0 fully saturated rings. The Hall–Kier alpha value is -1.45. The molecular formula is C17H31N3O. The molecule has 1 amide bonds. The Morgan fingerprint density at radius 3 is 2.24 bits per heavy atom. The van der Waals surface area contributed by atoms with Gasteiger partial charge in [0.05, 0.1) is 5.69 Å². The molecule has 4 nitrogen and oxygen atoms in total. The fourth-order valence-electron chi connectivity index (χ4n) is 2.77. The third-order valence-corrected chi connectivity index (χ3v) is 3.85. The monoisotopic (exact) mass is 293 g/mol. The first kappa shape index (κ1) is 17.6. The number of carbonyl (C=O) groups excluding carboxylic acids is 1. The summed E-state index contributed by atoms with van der Waals surface area (Å²) >= 11 is 0. The van der Waals surface area contributed by atoms with Gasteiger partial charge >= 0.3 is 0 Å². The quantitative estimate of drug-likeness (QED) is 0.828. The van der Waals surface area contributed by atoms with Crippen molar-refractivity contribution < 1.29 is 4.79 Å². The molecule has 1 heterocycles. The van der Waals surface area contributed by atoms with Gasteiger partial charge in [0.15, 0.2) is 0 Å². The fraction of sp³-hybridized carbons (Fsp3) is 0.706. The van der Waals surface area contributed by atoms with E-state index in [0.29, 0.717) is 17.3 Å². The van der Waals surface area contributed by atoms with Crippen molar-refractivity contribution >= 4 is 11.6 Å². The van der Waals surface area contributed by atoms with Gasteiger partial charge in [-0.15, -0.1) is 0 Å². The molecule has 21 heavy (non-hydrogen) atoms. The lowest BCUT2D eigenvalue weighted by Crippen LogP contribution is -2.42. The summed E-state index contributed by atoms with van der Waals surface area (Å²) in [5.41, 5.74) is 7.26. The van der Waals surface area contributed by atoms with Gasteiger partial charge in [-0.2, -0.15) is 0 Å². The summed E-state index contributed by atoms with van der Waals surface area (Å²) in [6.07, 6.45) is 3.82. The summed E-state index contributed by atoms with van der Waals surface area (Å²) in [6.45, 7) is 13.5. The number of carbonyl (C=O) groups is 1. The van der Waals surface area contributed by atoms with Crippen LogP contribution in [-0.2, 0) is 0 Å². The zero-order chi connectivity index (χ0) is 16.2. The summed E-state index contributed by atoms with van der Waals surface area (Å²) in [4.78, 5) is 15.1. The largest absolute Gasteiger partial charge is 0.397 e. The number of amides is 1. The van der Waals surface area contributed by atoms with Gasteiger partial charge in [0.25, 0.3) is 5.91 Å². The topological polar surface area (TPSA) is 51.3 Å². The van der Waals surface area contributed by atoms with Crippen molar-refractivity contribution in [2.24, 2.45) is 5.92 Å². The first-order valence-electron chi connectivity index (χ1n) is 8.10. The minimum atomic E-state index is 0.0998. The van der Waals surface area contributed by atoms with Crippen LogP contribution >= 0.6 is 0 Å². The Morgan fingerprint density at radius 1 is 1.24 bits per heavy atom. The van der Waals surface area contributed by atoms with Crippen molar-refractivity contribution in [3.05, 3.63) is 18.0 Å². The van der Waals surface area contributed by atoms with Gasteiger partial charge < -0.3 is 15.2 Å². The van der Waals surface area contributed by atoms with E-state index in [1.807, 2.05) is 15.7 Å². The molecule has 4 heteroatoms. The van der Waals surface area contributed by atoms with Crippen molar-refractivity contribution in [1.29, 1.82) is 0 Å². The van der Waals surface area contributed by atoms with Crippen molar-refractivity contribution in [3.8, 4) is 0 Å². The lowest BCUT2D eigenvalue weighted by molar-refractivity contribution is 0.0627. The van der Waals surface area contributed by atoms with Gasteiger partial charge in [0, 0.05) is 24.8 Å². The predicted molar refractivity (Wildman–Crippen MR) is 89.5 cm³/mol. The van der Waals surface area contributed by atoms with E-state index in [-0.39, 0.29) is 18.0 Å². The van der Waals surface area contributed by atoms with Crippen LogP contribution in [0.2, 0.25) is 0 Å². The van der Waals surface area contributed by atoms with Crippen LogP contribution in [0.1, 0.15) is 70.9 Å². The molecule has 0 spiro atoms. The smallest absolute Gasteiger partial charge is 0.270 e. The lowest BCUT2D eigenvalue weighted by atomic mass is 10.1. The van der Waals surface area contributed by atoms with E-state index in [9.17, 15) is 4.79 Å². The molecule has 1 rings (SSSR count). The highest BCUT2D eigenvalue weighted by molar-refractivity contribution is 5.94. The van der Waals surface area contributed by atoms with Crippen LogP contribution in [0.4, 0.5) is 5.69 Å². The molecule has 0 atom stereocenters. The van der Waals surface area contributed by atoms with E-state index in [1.54, 1.807) is 6.07 Å². The highest BCUT2D eigenvalue weighted by Gasteiger charge is 2.26. The fourth-order valence-corrected chi connectivity index (χ4v) is 2.77. The first-order chi connectivity index (χ1) is 9.81. The van der Waals surface area contributed by atoms with Gasteiger partial charge in [-0.1, -0.05) is 27.7 Å². The van der Waals surface area contributed by atoms with E-state index in [4.69, 9.17) is 5.73 Å². The third kappa shape index (κ3) is 4.26. The second kappa shape index (κ2) is 7.53. The molecule has 0 unspecified atom stereocenters. The zero-order valence-corrected chi connectivity index (χ0v) is 14.4. The number of anilines is 1. The van der Waals surface area contributed by atoms with E-state index >= 15 is 0 Å². The lowest BCUT2D eigenvalue weighted by Gasteiger charge is -2.32. The van der Waals surface area contributed by atoms with Crippen molar-refractivity contribution in [2.75, 3.05) is 12.3 Å². The average molecular weight is 293 g/mol. The number of aromatic nitrogens is 1. The summed E-state index contributed by atoms with van der Waals surface area (Å²) in [5.74, 6) is 0.553. The maximum Gasteiger partial charge on any atom is 0.270 e. The molecule has 0 aliphatic rings. The van der Waals surface area contributed by atoms with E-state index < -0.39 is 0 Å². The normalized spacial score (nSPS) is 11.7. The second-order valence-corrected chi connectivity index (χ2v) is 6.48. The predicted octanol–water partition coefficient (Wildman–Crippen LogP) is 3.94. The summed E-state index contributed by atoms with van der Waals surface area (Å²) in [6, 6.07) is 2.32. The van der Waals surface area contributed by atoms with Gasteiger partial charge in [0.2, 0.25) is 0 Å². The van der Waals surface area contributed by atoms with Crippen molar-refractivity contribution in [1.82, 2.24) is 9.47 Å². The highest BCUT2D eigenvalue weighted by atomic mass is 16.2. The average Bonchev–Trinajstić information content (AvgIpc) is 2.80. The zero-order valence-electron chi connectivity index (χ0n) is 14.4. The molecular weight excluding hydrogens is 262 g/mol. The van der Waals surface area contributed by atoms with Gasteiger partial charge in [-0.25, -0.2) is 0 Å². The second-order valence-electron chi connectivity index (χ2n) is 6.48. The Kier molecular flexibility index (Phi) is 6.31. The van der Waals surface area contributed by atoms with Gasteiger partial charge in [0.1, 0.15) is 5.69 Å². The number of hydrogen-bond donors (Lipinski definition) is 1. The number of hydrogen-bond acceptors (Lipinski definition) is 2. The number of rotatable bonds is 7. The molecule has 0 radical (unpaired) electrons. The maximum absolute atomic E-state index is 13.0. The molecule has 0 bridgehead atoms. The molecule has 0 saturated heterocycles. The first-order valence-corrected chi connectivity index (χ1v) is 8.10. The Labute approximate surface area is 129 Å². The SMILES string of the molecule is CCC(CC)N(CC(C)C)C(=O)c1cc(N)cn1C(C)C.